The zero-order valence-corrected chi connectivity index (χ0v) is 18.2. The van der Waals surface area contributed by atoms with E-state index in [-0.39, 0.29) is 5.91 Å². The second-order valence-electron chi connectivity index (χ2n) is 8.03. The molecule has 3 aromatic rings. The lowest BCUT2D eigenvalue weighted by atomic mass is 10.1. The van der Waals surface area contributed by atoms with Gasteiger partial charge in [0.1, 0.15) is 5.82 Å². The van der Waals surface area contributed by atoms with E-state index in [0.29, 0.717) is 12.4 Å². The van der Waals surface area contributed by atoms with Gasteiger partial charge in [-0.05, 0) is 37.5 Å². The normalized spacial score (nSPS) is 16.9. The highest BCUT2D eigenvalue weighted by Gasteiger charge is 2.29. The average molecular weight is 427 g/mol. The van der Waals surface area contributed by atoms with Crippen molar-refractivity contribution in [1.82, 2.24) is 24.6 Å². The molecule has 0 saturated carbocycles. The maximum absolute atomic E-state index is 13.6. The number of morpholine rings is 1. The van der Waals surface area contributed by atoms with Crippen molar-refractivity contribution in [2.75, 3.05) is 44.3 Å². The minimum Gasteiger partial charge on any atom is -0.379 e. The van der Waals surface area contributed by atoms with Crippen molar-refractivity contribution in [2.24, 2.45) is 0 Å². The molecular weight excluding hydrogens is 400 g/mol. The van der Waals surface area contributed by atoms with Gasteiger partial charge < -0.3 is 9.30 Å². The predicted molar refractivity (Wildman–Crippen MR) is 116 cm³/mol. The van der Waals surface area contributed by atoms with Crippen LogP contribution >= 0.6 is 11.3 Å². The standard InChI is InChI=1S/C21H26N6O2S/c1-14-12-15(2)18-16(13-14)22-21(30-18)27(7-6-25-8-10-29-11-9-25)20(28)19-24-23-17-4-3-5-26(17)19/h12-13H,3-11H2,1-2H3. The van der Waals surface area contributed by atoms with Crippen LogP contribution in [0.15, 0.2) is 12.1 Å². The summed E-state index contributed by atoms with van der Waals surface area (Å²) in [5.41, 5.74) is 3.32. The molecule has 0 radical (unpaired) electrons. The molecule has 158 valence electrons. The summed E-state index contributed by atoms with van der Waals surface area (Å²) < 4.78 is 8.55. The Bertz CT molecular complexity index is 1080. The first kappa shape index (κ1) is 19.6. The van der Waals surface area contributed by atoms with E-state index in [4.69, 9.17) is 9.72 Å². The Morgan fingerprint density at radius 2 is 2.03 bits per heavy atom. The second kappa shape index (κ2) is 8.05. The molecular formula is C21H26N6O2S. The van der Waals surface area contributed by atoms with E-state index in [0.717, 1.165) is 73.4 Å². The van der Waals surface area contributed by atoms with Crippen molar-refractivity contribution in [3.05, 3.63) is 34.9 Å². The molecule has 2 aliphatic heterocycles. The molecule has 9 heteroatoms. The Morgan fingerprint density at radius 3 is 2.87 bits per heavy atom. The summed E-state index contributed by atoms with van der Waals surface area (Å²) in [6.07, 6.45) is 1.90. The zero-order chi connectivity index (χ0) is 20.7. The zero-order valence-electron chi connectivity index (χ0n) is 17.4. The highest BCUT2D eigenvalue weighted by Crippen LogP contribution is 2.33. The molecule has 0 spiro atoms. The molecule has 0 aliphatic carbocycles. The van der Waals surface area contributed by atoms with Crippen molar-refractivity contribution >= 4 is 32.6 Å². The summed E-state index contributed by atoms with van der Waals surface area (Å²) in [6.45, 7) is 9.59. The van der Waals surface area contributed by atoms with Crippen LogP contribution in [-0.4, -0.2) is 69.9 Å². The second-order valence-corrected chi connectivity index (χ2v) is 9.01. The molecule has 1 saturated heterocycles. The Kier molecular flexibility index (Phi) is 5.26. The van der Waals surface area contributed by atoms with Gasteiger partial charge in [0.2, 0.25) is 5.82 Å². The van der Waals surface area contributed by atoms with Gasteiger partial charge in [0, 0.05) is 39.1 Å². The molecule has 4 heterocycles. The smallest absolute Gasteiger partial charge is 0.298 e. The number of fused-ring (bicyclic) bond motifs is 2. The Labute approximate surface area is 179 Å². The first-order valence-electron chi connectivity index (χ1n) is 10.5. The van der Waals surface area contributed by atoms with Gasteiger partial charge in [-0.1, -0.05) is 17.4 Å². The van der Waals surface area contributed by atoms with Gasteiger partial charge in [0.15, 0.2) is 5.13 Å². The number of thiazole rings is 1. The molecule has 0 unspecified atom stereocenters. The molecule has 5 rings (SSSR count). The van der Waals surface area contributed by atoms with Crippen LogP contribution in [0.1, 0.15) is 34.0 Å². The van der Waals surface area contributed by atoms with E-state index in [1.54, 1.807) is 16.2 Å². The number of benzene rings is 1. The van der Waals surface area contributed by atoms with Crippen LogP contribution in [0.2, 0.25) is 0 Å². The maximum Gasteiger partial charge on any atom is 0.298 e. The third-order valence-corrected chi connectivity index (χ3v) is 7.06. The van der Waals surface area contributed by atoms with Gasteiger partial charge >= 0.3 is 0 Å². The summed E-state index contributed by atoms with van der Waals surface area (Å²) in [5, 5.41) is 9.19. The van der Waals surface area contributed by atoms with Gasteiger partial charge in [0.05, 0.1) is 23.4 Å². The van der Waals surface area contributed by atoms with E-state index in [1.165, 1.54) is 11.1 Å². The number of amides is 1. The molecule has 1 fully saturated rings. The topological polar surface area (TPSA) is 76.4 Å². The predicted octanol–water partition coefficient (Wildman–Crippen LogP) is 2.43. The van der Waals surface area contributed by atoms with Crippen LogP contribution in [0.3, 0.4) is 0 Å². The van der Waals surface area contributed by atoms with Gasteiger partial charge in [-0.3, -0.25) is 14.6 Å². The fourth-order valence-corrected chi connectivity index (χ4v) is 5.30. The number of carbonyl (C=O) groups is 1. The average Bonchev–Trinajstić information content (AvgIpc) is 3.44. The largest absolute Gasteiger partial charge is 0.379 e. The van der Waals surface area contributed by atoms with E-state index in [1.807, 2.05) is 4.57 Å². The number of hydrogen-bond acceptors (Lipinski definition) is 7. The highest BCUT2D eigenvalue weighted by atomic mass is 32.1. The molecule has 30 heavy (non-hydrogen) atoms. The van der Waals surface area contributed by atoms with Gasteiger partial charge in [-0.15, -0.1) is 10.2 Å². The number of aryl methyl sites for hydroxylation is 3. The van der Waals surface area contributed by atoms with Crippen LogP contribution in [-0.2, 0) is 17.7 Å². The molecule has 0 bridgehead atoms. The molecule has 2 aromatic heterocycles. The number of hydrogen-bond donors (Lipinski definition) is 0. The monoisotopic (exact) mass is 426 g/mol. The minimum atomic E-state index is -0.114. The van der Waals surface area contributed by atoms with Crippen LogP contribution in [0.5, 0.6) is 0 Å². The third kappa shape index (κ3) is 3.61. The first-order valence-corrected chi connectivity index (χ1v) is 11.3. The van der Waals surface area contributed by atoms with Crippen LogP contribution in [0, 0.1) is 13.8 Å². The highest BCUT2D eigenvalue weighted by molar-refractivity contribution is 7.22. The van der Waals surface area contributed by atoms with Crippen molar-refractivity contribution in [2.45, 2.75) is 33.2 Å². The number of nitrogens with zero attached hydrogens (tertiary/aromatic N) is 6. The van der Waals surface area contributed by atoms with E-state index >= 15 is 0 Å². The molecule has 2 aliphatic rings. The van der Waals surface area contributed by atoms with Crippen molar-refractivity contribution in [1.29, 1.82) is 0 Å². The summed E-state index contributed by atoms with van der Waals surface area (Å²) in [6, 6.07) is 4.25. The fourth-order valence-electron chi connectivity index (χ4n) is 4.26. The molecule has 0 atom stereocenters. The lowest BCUT2D eigenvalue weighted by molar-refractivity contribution is 0.0390. The molecule has 1 amide bonds. The van der Waals surface area contributed by atoms with Gasteiger partial charge in [-0.2, -0.15) is 0 Å². The SMILES string of the molecule is Cc1cc(C)c2sc(N(CCN3CCOCC3)C(=O)c3nnc4n3CCC4)nc2c1. The molecule has 1 aromatic carbocycles. The van der Waals surface area contributed by atoms with Crippen LogP contribution < -0.4 is 4.90 Å². The lowest BCUT2D eigenvalue weighted by Crippen LogP contribution is -2.43. The van der Waals surface area contributed by atoms with Gasteiger partial charge in [0.25, 0.3) is 5.91 Å². The maximum atomic E-state index is 13.6. The summed E-state index contributed by atoms with van der Waals surface area (Å²) >= 11 is 1.58. The number of ether oxygens (including phenoxy) is 1. The van der Waals surface area contributed by atoms with Crippen LogP contribution in [0.4, 0.5) is 5.13 Å². The Morgan fingerprint density at radius 1 is 1.20 bits per heavy atom. The summed E-state index contributed by atoms with van der Waals surface area (Å²) in [4.78, 5) is 22.6. The third-order valence-electron chi connectivity index (χ3n) is 5.83. The molecule has 8 nitrogen and oxygen atoms in total. The number of carbonyl (C=O) groups excluding carboxylic acids is 1. The van der Waals surface area contributed by atoms with E-state index < -0.39 is 0 Å². The quantitative estimate of drug-likeness (QED) is 0.624. The number of anilines is 1. The van der Waals surface area contributed by atoms with Crippen molar-refractivity contribution in [3.63, 3.8) is 0 Å². The van der Waals surface area contributed by atoms with E-state index in [2.05, 4.69) is 41.1 Å². The Hall–Kier alpha value is -2.36. The first-order chi connectivity index (χ1) is 14.6. The van der Waals surface area contributed by atoms with Gasteiger partial charge in [-0.25, -0.2) is 4.98 Å². The van der Waals surface area contributed by atoms with Crippen LogP contribution in [0.25, 0.3) is 10.2 Å². The summed E-state index contributed by atoms with van der Waals surface area (Å²) in [5.74, 6) is 1.22. The lowest BCUT2D eigenvalue weighted by Gasteiger charge is -2.29. The number of rotatable bonds is 5. The summed E-state index contributed by atoms with van der Waals surface area (Å²) in [7, 11) is 0. The Balaban J connectivity index is 1.48. The minimum absolute atomic E-state index is 0.114. The van der Waals surface area contributed by atoms with Crippen molar-refractivity contribution in [3.8, 4) is 0 Å². The number of aromatic nitrogens is 4. The van der Waals surface area contributed by atoms with E-state index in [9.17, 15) is 4.79 Å². The fraction of sp³-hybridized carbons (Fsp3) is 0.524. The molecule has 0 N–H and O–H groups in total. The van der Waals surface area contributed by atoms with Crippen molar-refractivity contribution < 1.29 is 9.53 Å².